The van der Waals surface area contributed by atoms with Gasteiger partial charge < -0.3 is 4.90 Å². The van der Waals surface area contributed by atoms with Crippen LogP contribution < -0.4 is 4.90 Å². The number of thiazole rings is 1. The zero-order valence-corrected chi connectivity index (χ0v) is 14.0. The van der Waals surface area contributed by atoms with E-state index in [0.29, 0.717) is 5.92 Å². The van der Waals surface area contributed by atoms with Gasteiger partial charge in [-0.1, -0.05) is 17.4 Å². The van der Waals surface area contributed by atoms with E-state index < -0.39 is 0 Å². The van der Waals surface area contributed by atoms with Gasteiger partial charge in [-0.15, -0.1) is 11.8 Å². The lowest BCUT2D eigenvalue weighted by Gasteiger charge is -2.14. The highest BCUT2D eigenvalue weighted by atomic mass is 32.2. The number of hydrogen-bond donors (Lipinski definition) is 0. The molecule has 3 aromatic rings. The van der Waals surface area contributed by atoms with Crippen molar-refractivity contribution in [3.63, 3.8) is 0 Å². The van der Waals surface area contributed by atoms with E-state index in [9.17, 15) is 0 Å². The van der Waals surface area contributed by atoms with Gasteiger partial charge in [-0.2, -0.15) is 0 Å². The third-order valence-electron chi connectivity index (χ3n) is 4.15. The summed E-state index contributed by atoms with van der Waals surface area (Å²) in [5.41, 5.74) is 2.31. The van der Waals surface area contributed by atoms with Crippen molar-refractivity contribution in [2.24, 2.45) is 0 Å². The number of nitrogens with zero attached hydrogens (tertiary/aromatic N) is 3. The fourth-order valence-electron chi connectivity index (χ4n) is 2.95. The van der Waals surface area contributed by atoms with Crippen LogP contribution >= 0.6 is 23.1 Å². The van der Waals surface area contributed by atoms with Crippen LogP contribution in [0.1, 0.15) is 18.0 Å². The summed E-state index contributed by atoms with van der Waals surface area (Å²) in [6.07, 6.45) is 5.16. The molecule has 3 nitrogen and oxygen atoms in total. The quantitative estimate of drug-likeness (QED) is 0.667. The number of rotatable bonds is 3. The smallest absolute Gasteiger partial charge is 0.186 e. The molecule has 0 bridgehead atoms. The maximum atomic E-state index is 4.81. The predicted octanol–water partition coefficient (Wildman–Crippen LogP) is 4.41. The maximum Gasteiger partial charge on any atom is 0.186 e. The lowest BCUT2D eigenvalue weighted by atomic mass is 10.0. The molecule has 0 spiro atoms. The van der Waals surface area contributed by atoms with E-state index in [1.165, 1.54) is 15.3 Å². The van der Waals surface area contributed by atoms with E-state index >= 15 is 0 Å². The largest absolute Gasteiger partial charge is 0.347 e. The Morgan fingerprint density at radius 1 is 1.27 bits per heavy atom. The Bertz CT molecular complexity index is 785. The summed E-state index contributed by atoms with van der Waals surface area (Å²) < 4.78 is 1.28. The van der Waals surface area contributed by atoms with Gasteiger partial charge in [0.05, 0.1) is 10.2 Å². The molecular weight excluding hydrogens is 310 g/mol. The number of fused-ring (bicyclic) bond motifs is 1. The van der Waals surface area contributed by atoms with Crippen LogP contribution in [0.5, 0.6) is 0 Å². The second-order valence-electron chi connectivity index (χ2n) is 5.52. The summed E-state index contributed by atoms with van der Waals surface area (Å²) in [7, 11) is 0. The molecule has 1 fully saturated rings. The van der Waals surface area contributed by atoms with Crippen molar-refractivity contribution in [1.29, 1.82) is 0 Å². The van der Waals surface area contributed by atoms with E-state index in [2.05, 4.69) is 46.5 Å². The van der Waals surface area contributed by atoms with Crippen molar-refractivity contribution in [3.05, 3.63) is 48.3 Å². The van der Waals surface area contributed by atoms with Gasteiger partial charge in [0.2, 0.25) is 0 Å². The number of benzene rings is 1. The van der Waals surface area contributed by atoms with Gasteiger partial charge in [-0.3, -0.25) is 4.98 Å². The average molecular weight is 327 g/mol. The highest BCUT2D eigenvalue weighted by molar-refractivity contribution is 7.98. The first kappa shape index (κ1) is 14.0. The standard InChI is InChI=1S/C17H17N3S2/c1-21-13-5-6-15-16(10-13)22-17(19-15)20-9-7-12(11-20)14-4-2-3-8-18-14/h2-6,8,10,12H,7,9,11H2,1H3. The average Bonchev–Trinajstić information content (AvgIpc) is 3.21. The fraction of sp³-hybridized carbons (Fsp3) is 0.294. The Hall–Kier alpha value is -1.59. The predicted molar refractivity (Wildman–Crippen MR) is 95.2 cm³/mol. The molecule has 1 unspecified atom stereocenters. The molecule has 3 heterocycles. The van der Waals surface area contributed by atoms with Gasteiger partial charge in [-0.25, -0.2) is 4.98 Å². The Labute approximate surface area is 138 Å². The van der Waals surface area contributed by atoms with Crippen LogP contribution in [0.15, 0.2) is 47.5 Å². The summed E-state index contributed by atoms with van der Waals surface area (Å²) >= 11 is 3.58. The Morgan fingerprint density at radius 2 is 2.23 bits per heavy atom. The lowest BCUT2D eigenvalue weighted by Crippen LogP contribution is -2.18. The van der Waals surface area contributed by atoms with Gasteiger partial charge in [0, 0.05) is 35.8 Å². The van der Waals surface area contributed by atoms with Gasteiger partial charge in [-0.05, 0) is 43.0 Å². The number of anilines is 1. The second kappa shape index (κ2) is 5.89. The second-order valence-corrected chi connectivity index (χ2v) is 7.41. The minimum atomic E-state index is 0.523. The van der Waals surface area contributed by atoms with E-state index in [4.69, 9.17) is 4.98 Å². The Kier molecular flexibility index (Phi) is 3.76. The topological polar surface area (TPSA) is 29.0 Å². The van der Waals surface area contributed by atoms with Crippen LogP contribution in [0.2, 0.25) is 0 Å². The number of aromatic nitrogens is 2. The van der Waals surface area contributed by atoms with Crippen molar-refractivity contribution in [1.82, 2.24) is 9.97 Å². The lowest BCUT2D eigenvalue weighted by molar-refractivity contribution is 0.744. The molecule has 5 heteroatoms. The van der Waals surface area contributed by atoms with Crippen LogP contribution in [-0.4, -0.2) is 29.3 Å². The van der Waals surface area contributed by atoms with E-state index in [0.717, 1.165) is 30.2 Å². The molecule has 0 saturated carbocycles. The summed E-state index contributed by atoms with van der Waals surface area (Å²) in [6.45, 7) is 2.09. The molecule has 1 aliphatic heterocycles. The van der Waals surface area contributed by atoms with Crippen molar-refractivity contribution in [2.45, 2.75) is 17.2 Å². The Morgan fingerprint density at radius 3 is 3.05 bits per heavy atom. The van der Waals surface area contributed by atoms with Crippen LogP contribution in [0.25, 0.3) is 10.2 Å². The Balaban J connectivity index is 1.58. The van der Waals surface area contributed by atoms with Crippen molar-refractivity contribution < 1.29 is 0 Å². The zero-order valence-electron chi connectivity index (χ0n) is 12.4. The van der Waals surface area contributed by atoms with E-state index in [1.54, 1.807) is 23.1 Å². The monoisotopic (exact) mass is 327 g/mol. The third kappa shape index (κ3) is 2.59. The zero-order chi connectivity index (χ0) is 14.9. The normalized spacial score (nSPS) is 18.2. The highest BCUT2D eigenvalue weighted by Gasteiger charge is 2.26. The highest BCUT2D eigenvalue weighted by Crippen LogP contribution is 2.35. The molecule has 0 aliphatic carbocycles. The summed E-state index contributed by atoms with van der Waals surface area (Å²) in [4.78, 5) is 13.0. The molecule has 1 aliphatic rings. The minimum Gasteiger partial charge on any atom is -0.347 e. The van der Waals surface area contributed by atoms with Crippen LogP contribution in [-0.2, 0) is 0 Å². The first-order valence-electron chi connectivity index (χ1n) is 7.44. The van der Waals surface area contributed by atoms with Crippen molar-refractivity contribution in [3.8, 4) is 0 Å². The molecule has 2 aromatic heterocycles. The van der Waals surface area contributed by atoms with Crippen LogP contribution in [0.3, 0.4) is 0 Å². The van der Waals surface area contributed by atoms with Crippen molar-refractivity contribution >= 4 is 38.4 Å². The first-order chi connectivity index (χ1) is 10.8. The molecule has 4 rings (SSSR count). The number of pyridine rings is 1. The maximum absolute atomic E-state index is 4.81. The minimum absolute atomic E-state index is 0.523. The van der Waals surface area contributed by atoms with Gasteiger partial charge >= 0.3 is 0 Å². The fourth-order valence-corrected chi connectivity index (χ4v) is 4.50. The molecule has 1 saturated heterocycles. The summed E-state index contributed by atoms with van der Waals surface area (Å²) in [6, 6.07) is 12.7. The van der Waals surface area contributed by atoms with E-state index in [1.807, 2.05) is 12.3 Å². The molecule has 0 amide bonds. The molecule has 22 heavy (non-hydrogen) atoms. The molecule has 1 atom stereocenters. The number of thioether (sulfide) groups is 1. The first-order valence-corrected chi connectivity index (χ1v) is 9.48. The molecule has 0 radical (unpaired) electrons. The summed E-state index contributed by atoms with van der Waals surface area (Å²) in [5, 5.41) is 1.15. The molecule has 112 valence electrons. The van der Waals surface area contributed by atoms with Gasteiger partial charge in [0.25, 0.3) is 0 Å². The molecular formula is C17H17N3S2. The van der Waals surface area contributed by atoms with Crippen molar-refractivity contribution in [2.75, 3.05) is 24.2 Å². The SMILES string of the molecule is CSc1ccc2nc(N3CCC(c4ccccn4)C3)sc2c1. The van der Waals surface area contributed by atoms with Crippen LogP contribution in [0.4, 0.5) is 5.13 Å². The molecule has 1 aromatic carbocycles. The number of hydrogen-bond acceptors (Lipinski definition) is 5. The van der Waals surface area contributed by atoms with Gasteiger partial charge in [0.1, 0.15) is 0 Å². The summed E-state index contributed by atoms with van der Waals surface area (Å²) in [5.74, 6) is 0.523. The molecule has 0 N–H and O–H groups in total. The van der Waals surface area contributed by atoms with E-state index in [-0.39, 0.29) is 0 Å². The third-order valence-corrected chi connectivity index (χ3v) is 5.95. The van der Waals surface area contributed by atoms with Gasteiger partial charge in [0.15, 0.2) is 5.13 Å². The van der Waals surface area contributed by atoms with Crippen LogP contribution in [0, 0.1) is 0 Å².